The van der Waals surface area contributed by atoms with Gasteiger partial charge in [-0.1, -0.05) is 19.9 Å². The molecule has 1 N–H and O–H groups in total. The summed E-state index contributed by atoms with van der Waals surface area (Å²) in [5.41, 5.74) is 4.43. The van der Waals surface area contributed by atoms with Gasteiger partial charge in [0.05, 0.1) is 0 Å². The van der Waals surface area contributed by atoms with E-state index in [4.69, 9.17) is 0 Å². The van der Waals surface area contributed by atoms with E-state index in [0.29, 0.717) is 6.04 Å². The quantitative estimate of drug-likeness (QED) is 0.785. The summed E-state index contributed by atoms with van der Waals surface area (Å²) >= 11 is 0. The van der Waals surface area contributed by atoms with Crippen LogP contribution in [0.4, 0.5) is 5.69 Å². The molecular weight excluding hydrogens is 182 g/mol. The number of hydrogen-bond acceptors (Lipinski definition) is 1. The summed E-state index contributed by atoms with van der Waals surface area (Å²) in [4.78, 5) is 0. The number of anilines is 1. The van der Waals surface area contributed by atoms with Gasteiger partial charge in [0.25, 0.3) is 0 Å². The minimum Gasteiger partial charge on any atom is -0.382 e. The molecule has 0 heterocycles. The highest BCUT2D eigenvalue weighted by Crippen LogP contribution is 2.25. The monoisotopic (exact) mass is 203 g/mol. The largest absolute Gasteiger partial charge is 0.382 e. The van der Waals surface area contributed by atoms with Gasteiger partial charge in [-0.2, -0.15) is 0 Å². The van der Waals surface area contributed by atoms with Crippen molar-refractivity contribution in [3.05, 3.63) is 29.3 Å². The van der Waals surface area contributed by atoms with Gasteiger partial charge in [0.15, 0.2) is 0 Å². The van der Waals surface area contributed by atoms with E-state index in [9.17, 15) is 0 Å². The molecule has 0 bridgehead atoms. The molecule has 1 aromatic carbocycles. The van der Waals surface area contributed by atoms with Gasteiger partial charge in [0.1, 0.15) is 0 Å². The predicted molar refractivity (Wildman–Crippen MR) is 66.5 cm³/mol. The predicted octanol–water partition coefficient (Wildman–Crippen LogP) is 3.78. The molecule has 1 aliphatic carbocycles. The van der Waals surface area contributed by atoms with E-state index in [1.54, 1.807) is 11.1 Å². The van der Waals surface area contributed by atoms with Crippen molar-refractivity contribution in [3.8, 4) is 0 Å². The molecule has 15 heavy (non-hydrogen) atoms. The summed E-state index contributed by atoms with van der Waals surface area (Å²) in [6.07, 6.45) is 6.29. The first kappa shape index (κ1) is 10.5. The Morgan fingerprint density at radius 3 is 2.60 bits per heavy atom. The van der Waals surface area contributed by atoms with Crippen molar-refractivity contribution in [1.29, 1.82) is 0 Å². The second kappa shape index (κ2) is 4.69. The zero-order valence-corrected chi connectivity index (χ0v) is 9.84. The van der Waals surface area contributed by atoms with Crippen LogP contribution >= 0.6 is 0 Å². The van der Waals surface area contributed by atoms with Gasteiger partial charge in [-0.05, 0) is 55.4 Å². The maximum Gasteiger partial charge on any atom is 0.0345 e. The molecular formula is C14H21N. The summed E-state index contributed by atoms with van der Waals surface area (Å²) in [5.74, 6) is 0. The molecule has 0 fully saturated rings. The topological polar surface area (TPSA) is 12.0 Å². The summed E-state index contributed by atoms with van der Waals surface area (Å²) in [6.45, 7) is 4.49. The molecule has 1 heteroatoms. The number of nitrogens with one attached hydrogen (secondary N) is 1. The Hall–Kier alpha value is -0.980. The molecule has 0 spiro atoms. The smallest absolute Gasteiger partial charge is 0.0345 e. The van der Waals surface area contributed by atoms with Crippen molar-refractivity contribution < 1.29 is 0 Å². The SMILES string of the molecule is CCC(CC)Nc1ccc2c(c1)CCC2. The maximum atomic E-state index is 3.61. The van der Waals surface area contributed by atoms with Crippen LogP contribution < -0.4 is 5.32 Å². The minimum absolute atomic E-state index is 0.629. The van der Waals surface area contributed by atoms with Crippen molar-refractivity contribution in [3.63, 3.8) is 0 Å². The van der Waals surface area contributed by atoms with Crippen LogP contribution in [-0.4, -0.2) is 6.04 Å². The van der Waals surface area contributed by atoms with Crippen LogP contribution in [0, 0.1) is 0 Å². The van der Waals surface area contributed by atoms with Gasteiger partial charge in [-0.25, -0.2) is 0 Å². The molecule has 1 aromatic rings. The highest BCUT2D eigenvalue weighted by molar-refractivity contribution is 5.50. The normalized spacial score (nSPS) is 14.3. The molecule has 1 aliphatic rings. The fourth-order valence-electron chi connectivity index (χ4n) is 2.39. The highest BCUT2D eigenvalue weighted by Gasteiger charge is 2.11. The fraction of sp³-hybridized carbons (Fsp3) is 0.571. The van der Waals surface area contributed by atoms with E-state index in [0.717, 1.165) is 0 Å². The van der Waals surface area contributed by atoms with Crippen LogP contribution in [0.2, 0.25) is 0 Å². The number of aryl methyl sites for hydroxylation is 2. The Bertz CT molecular complexity index is 326. The summed E-state index contributed by atoms with van der Waals surface area (Å²) in [6, 6.07) is 7.51. The lowest BCUT2D eigenvalue weighted by atomic mass is 10.1. The van der Waals surface area contributed by atoms with Crippen LogP contribution in [0.1, 0.15) is 44.2 Å². The van der Waals surface area contributed by atoms with Crippen molar-refractivity contribution in [1.82, 2.24) is 0 Å². The van der Waals surface area contributed by atoms with Gasteiger partial charge >= 0.3 is 0 Å². The third kappa shape index (κ3) is 2.34. The van der Waals surface area contributed by atoms with E-state index in [1.165, 1.54) is 37.8 Å². The standard InChI is InChI=1S/C14H21N/c1-3-13(4-2)15-14-9-8-11-6-5-7-12(11)10-14/h8-10,13,15H,3-7H2,1-2H3. The van der Waals surface area contributed by atoms with E-state index in [-0.39, 0.29) is 0 Å². The second-order valence-corrected chi connectivity index (χ2v) is 4.49. The molecule has 0 saturated carbocycles. The lowest BCUT2D eigenvalue weighted by Gasteiger charge is -2.16. The Kier molecular flexibility index (Phi) is 3.30. The minimum atomic E-state index is 0.629. The number of fused-ring (bicyclic) bond motifs is 1. The maximum absolute atomic E-state index is 3.61. The van der Waals surface area contributed by atoms with E-state index >= 15 is 0 Å². The van der Waals surface area contributed by atoms with E-state index < -0.39 is 0 Å². The van der Waals surface area contributed by atoms with Gasteiger partial charge in [-0.3, -0.25) is 0 Å². The van der Waals surface area contributed by atoms with Crippen LogP contribution in [0.5, 0.6) is 0 Å². The van der Waals surface area contributed by atoms with E-state index in [1.807, 2.05) is 0 Å². The first-order valence-corrected chi connectivity index (χ1v) is 6.21. The highest BCUT2D eigenvalue weighted by atomic mass is 14.9. The molecule has 0 radical (unpaired) electrons. The van der Waals surface area contributed by atoms with Crippen LogP contribution in [0.15, 0.2) is 18.2 Å². The van der Waals surface area contributed by atoms with Gasteiger partial charge < -0.3 is 5.32 Å². The first-order valence-electron chi connectivity index (χ1n) is 6.21. The fourth-order valence-corrected chi connectivity index (χ4v) is 2.39. The Morgan fingerprint density at radius 2 is 1.87 bits per heavy atom. The third-order valence-corrected chi connectivity index (χ3v) is 3.45. The number of rotatable bonds is 4. The van der Waals surface area contributed by atoms with Crippen molar-refractivity contribution in [2.24, 2.45) is 0 Å². The van der Waals surface area contributed by atoms with Crippen LogP contribution in [-0.2, 0) is 12.8 Å². The van der Waals surface area contributed by atoms with Gasteiger partial charge in [0.2, 0.25) is 0 Å². The number of benzene rings is 1. The average Bonchev–Trinajstić information content (AvgIpc) is 2.73. The molecule has 0 amide bonds. The molecule has 0 aromatic heterocycles. The van der Waals surface area contributed by atoms with E-state index in [2.05, 4.69) is 37.4 Å². The molecule has 0 unspecified atom stereocenters. The lowest BCUT2D eigenvalue weighted by molar-refractivity contribution is 0.671. The van der Waals surface area contributed by atoms with Crippen molar-refractivity contribution >= 4 is 5.69 Å². The molecule has 0 atom stereocenters. The summed E-state index contributed by atoms with van der Waals surface area (Å²) in [5, 5.41) is 3.61. The summed E-state index contributed by atoms with van der Waals surface area (Å²) in [7, 11) is 0. The molecule has 1 nitrogen and oxygen atoms in total. The van der Waals surface area contributed by atoms with Crippen molar-refractivity contribution in [2.75, 3.05) is 5.32 Å². The van der Waals surface area contributed by atoms with Gasteiger partial charge in [0, 0.05) is 11.7 Å². The Morgan fingerprint density at radius 1 is 1.13 bits per heavy atom. The first-order chi connectivity index (χ1) is 7.33. The number of hydrogen-bond donors (Lipinski definition) is 1. The Balaban J connectivity index is 2.09. The summed E-state index contributed by atoms with van der Waals surface area (Å²) < 4.78 is 0. The second-order valence-electron chi connectivity index (χ2n) is 4.49. The zero-order chi connectivity index (χ0) is 10.7. The Labute approximate surface area is 92.9 Å². The molecule has 0 saturated heterocycles. The molecule has 2 rings (SSSR count). The van der Waals surface area contributed by atoms with Crippen LogP contribution in [0.25, 0.3) is 0 Å². The molecule has 0 aliphatic heterocycles. The average molecular weight is 203 g/mol. The zero-order valence-electron chi connectivity index (χ0n) is 9.84. The molecule has 82 valence electrons. The van der Waals surface area contributed by atoms with Crippen LogP contribution in [0.3, 0.4) is 0 Å². The third-order valence-electron chi connectivity index (χ3n) is 3.45. The van der Waals surface area contributed by atoms with Crippen molar-refractivity contribution in [2.45, 2.75) is 52.0 Å². The lowest BCUT2D eigenvalue weighted by Crippen LogP contribution is -2.16. The van der Waals surface area contributed by atoms with Gasteiger partial charge in [-0.15, -0.1) is 0 Å².